The summed E-state index contributed by atoms with van der Waals surface area (Å²) in [5.74, 6) is -0.992. The van der Waals surface area contributed by atoms with Gasteiger partial charge in [-0.1, -0.05) is 18.5 Å². The predicted octanol–water partition coefficient (Wildman–Crippen LogP) is 2.29. The third-order valence-electron chi connectivity index (χ3n) is 1.76. The van der Waals surface area contributed by atoms with E-state index in [-0.39, 0.29) is 5.02 Å². The highest BCUT2D eigenvalue weighted by molar-refractivity contribution is 7.85. The molecule has 0 aliphatic heterocycles. The maximum atomic E-state index is 13.1. The molecule has 0 amide bonds. The van der Waals surface area contributed by atoms with Crippen molar-refractivity contribution in [1.29, 1.82) is 0 Å². The largest absolute Gasteiger partial charge is 0.297 e. The third-order valence-corrected chi connectivity index (χ3v) is 2.98. The van der Waals surface area contributed by atoms with Gasteiger partial charge in [-0.2, -0.15) is 8.42 Å². The van der Waals surface area contributed by atoms with Gasteiger partial charge in [0.05, 0.1) is 0 Å². The minimum atomic E-state index is -4.54. The lowest BCUT2D eigenvalue weighted by atomic mass is 10.2. The van der Waals surface area contributed by atoms with Crippen LogP contribution in [0.4, 0.5) is 4.39 Å². The van der Waals surface area contributed by atoms with Crippen molar-refractivity contribution in [3.8, 4) is 0 Å². The fraction of sp³-hybridized carbons (Fsp3) is 0.250. The van der Waals surface area contributed by atoms with E-state index in [1.807, 2.05) is 0 Å². The molecule has 0 unspecified atom stereocenters. The summed E-state index contributed by atoms with van der Waals surface area (Å²) in [4.78, 5) is -0.792. The second-order valence-electron chi connectivity index (χ2n) is 2.70. The Bertz CT molecular complexity index is 456. The molecule has 0 aliphatic carbocycles. The van der Waals surface area contributed by atoms with Crippen molar-refractivity contribution in [2.75, 3.05) is 0 Å². The van der Waals surface area contributed by atoms with Gasteiger partial charge in [-0.3, -0.25) is 4.55 Å². The van der Waals surface area contributed by atoms with Gasteiger partial charge in [-0.05, 0) is 24.1 Å². The van der Waals surface area contributed by atoms with Crippen LogP contribution in [0.3, 0.4) is 0 Å². The lowest BCUT2D eigenvalue weighted by Crippen LogP contribution is -2.02. The van der Waals surface area contributed by atoms with Gasteiger partial charge in [0.15, 0.2) is 0 Å². The van der Waals surface area contributed by atoms with E-state index in [9.17, 15) is 12.8 Å². The van der Waals surface area contributed by atoms with Crippen molar-refractivity contribution in [3.63, 3.8) is 0 Å². The van der Waals surface area contributed by atoms with Gasteiger partial charge in [-0.15, -0.1) is 0 Å². The van der Waals surface area contributed by atoms with Gasteiger partial charge in [0.25, 0.3) is 10.1 Å². The normalized spacial score (nSPS) is 11.7. The summed E-state index contributed by atoms with van der Waals surface area (Å²) in [6, 6.07) is 1.91. The van der Waals surface area contributed by atoms with Crippen LogP contribution >= 0.6 is 11.6 Å². The van der Waals surface area contributed by atoms with E-state index >= 15 is 0 Å². The van der Waals surface area contributed by atoms with E-state index in [4.69, 9.17) is 16.2 Å². The van der Waals surface area contributed by atoms with Crippen LogP contribution in [-0.4, -0.2) is 13.0 Å². The van der Waals surface area contributed by atoms with Gasteiger partial charge in [0.1, 0.15) is 10.7 Å². The third kappa shape index (κ3) is 2.23. The highest BCUT2D eigenvalue weighted by Gasteiger charge is 2.17. The molecule has 0 bridgehead atoms. The molecule has 0 saturated heterocycles. The smallest absolute Gasteiger partial charge is 0.282 e. The Kier molecular flexibility index (Phi) is 3.14. The summed E-state index contributed by atoms with van der Waals surface area (Å²) >= 11 is 5.67. The SMILES string of the molecule is CCc1cc(F)c(S(=O)(=O)O)cc1Cl. The van der Waals surface area contributed by atoms with Crippen molar-refractivity contribution >= 4 is 21.7 Å². The van der Waals surface area contributed by atoms with Gasteiger partial charge in [-0.25, -0.2) is 4.39 Å². The molecule has 1 N–H and O–H groups in total. The van der Waals surface area contributed by atoms with Crippen molar-refractivity contribution < 1.29 is 17.4 Å². The van der Waals surface area contributed by atoms with Gasteiger partial charge >= 0.3 is 0 Å². The predicted molar refractivity (Wildman–Crippen MR) is 50.6 cm³/mol. The van der Waals surface area contributed by atoms with E-state index in [0.29, 0.717) is 12.0 Å². The fourth-order valence-corrected chi connectivity index (χ4v) is 1.97. The zero-order valence-corrected chi connectivity index (χ0v) is 8.86. The molecule has 14 heavy (non-hydrogen) atoms. The van der Waals surface area contributed by atoms with Gasteiger partial charge in [0, 0.05) is 5.02 Å². The van der Waals surface area contributed by atoms with E-state index in [2.05, 4.69) is 0 Å². The molecule has 0 spiro atoms. The summed E-state index contributed by atoms with van der Waals surface area (Å²) in [6.07, 6.45) is 0.488. The zero-order valence-electron chi connectivity index (χ0n) is 7.29. The molecule has 0 radical (unpaired) electrons. The molecule has 1 rings (SSSR count). The molecule has 78 valence electrons. The number of halogens is 2. The van der Waals surface area contributed by atoms with Crippen LogP contribution in [-0.2, 0) is 16.5 Å². The molecule has 1 aromatic carbocycles. The Morgan fingerprint density at radius 2 is 2.07 bits per heavy atom. The first kappa shape index (κ1) is 11.4. The van der Waals surface area contributed by atoms with Crippen molar-refractivity contribution in [2.24, 2.45) is 0 Å². The van der Waals surface area contributed by atoms with E-state index in [1.54, 1.807) is 6.92 Å². The Balaban J connectivity index is 3.44. The maximum Gasteiger partial charge on any atom is 0.297 e. The van der Waals surface area contributed by atoms with Crippen molar-refractivity contribution in [3.05, 3.63) is 28.5 Å². The van der Waals surface area contributed by atoms with E-state index in [0.717, 1.165) is 12.1 Å². The molecule has 0 aromatic heterocycles. The minimum absolute atomic E-state index is 0.126. The summed E-state index contributed by atoms with van der Waals surface area (Å²) in [5, 5.41) is 0.126. The molecule has 0 aliphatic rings. The number of hydrogen-bond acceptors (Lipinski definition) is 2. The highest BCUT2D eigenvalue weighted by atomic mass is 35.5. The maximum absolute atomic E-state index is 13.1. The molecule has 0 atom stereocenters. The number of hydrogen-bond donors (Lipinski definition) is 1. The molecular weight excluding hydrogens is 231 g/mol. The van der Waals surface area contributed by atoms with Crippen LogP contribution < -0.4 is 0 Å². The molecule has 6 heteroatoms. The van der Waals surface area contributed by atoms with Gasteiger partial charge in [0.2, 0.25) is 0 Å². The zero-order chi connectivity index (χ0) is 10.9. The summed E-state index contributed by atoms with van der Waals surface area (Å²) in [6.45, 7) is 1.76. The van der Waals surface area contributed by atoms with E-state index < -0.39 is 20.8 Å². The first-order valence-corrected chi connectivity index (χ1v) is 5.63. The van der Waals surface area contributed by atoms with E-state index in [1.165, 1.54) is 0 Å². The van der Waals surface area contributed by atoms with Crippen LogP contribution in [0.25, 0.3) is 0 Å². The molecular formula is C8H8ClFO3S. The fourth-order valence-electron chi connectivity index (χ4n) is 1.04. The van der Waals surface area contributed by atoms with Crippen molar-refractivity contribution in [2.45, 2.75) is 18.2 Å². The molecule has 1 aromatic rings. The summed E-state index contributed by atoms with van der Waals surface area (Å²) in [7, 11) is -4.54. The lowest BCUT2D eigenvalue weighted by molar-refractivity contribution is 0.473. The summed E-state index contributed by atoms with van der Waals surface area (Å²) in [5.41, 5.74) is 0.497. The molecule has 3 nitrogen and oxygen atoms in total. The Hall–Kier alpha value is -0.650. The number of benzene rings is 1. The first-order chi connectivity index (χ1) is 6.36. The number of rotatable bonds is 2. The van der Waals surface area contributed by atoms with Crippen LogP contribution in [0.15, 0.2) is 17.0 Å². The van der Waals surface area contributed by atoms with Crippen LogP contribution in [0.5, 0.6) is 0 Å². The minimum Gasteiger partial charge on any atom is -0.282 e. The lowest BCUT2D eigenvalue weighted by Gasteiger charge is -2.04. The molecule has 0 saturated carbocycles. The second-order valence-corrected chi connectivity index (χ2v) is 4.50. The second kappa shape index (κ2) is 3.84. The number of aryl methyl sites for hydroxylation is 1. The standard InChI is InChI=1S/C8H8ClFO3S/c1-2-5-3-7(10)8(4-6(5)9)14(11,12)13/h3-4H,2H2,1H3,(H,11,12,13). The first-order valence-electron chi connectivity index (χ1n) is 3.81. The quantitative estimate of drug-likeness (QED) is 0.805. The Labute approximate surface area is 86.3 Å². The van der Waals surface area contributed by atoms with Crippen LogP contribution in [0, 0.1) is 5.82 Å². The topological polar surface area (TPSA) is 54.4 Å². The van der Waals surface area contributed by atoms with Crippen LogP contribution in [0.1, 0.15) is 12.5 Å². The monoisotopic (exact) mass is 238 g/mol. The average Bonchev–Trinajstić information content (AvgIpc) is 2.06. The summed E-state index contributed by atoms with van der Waals surface area (Å²) < 4.78 is 43.1. The Morgan fingerprint density at radius 3 is 2.50 bits per heavy atom. The van der Waals surface area contributed by atoms with Gasteiger partial charge < -0.3 is 0 Å². The molecule has 0 heterocycles. The Morgan fingerprint density at radius 1 is 1.50 bits per heavy atom. The highest BCUT2D eigenvalue weighted by Crippen LogP contribution is 2.24. The molecule has 0 fully saturated rings. The average molecular weight is 239 g/mol. The van der Waals surface area contributed by atoms with Crippen molar-refractivity contribution in [1.82, 2.24) is 0 Å². The van der Waals surface area contributed by atoms with Crippen LogP contribution in [0.2, 0.25) is 5.02 Å².